The van der Waals surface area contributed by atoms with Crippen molar-refractivity contribution in [1.29, 1.82) is 0 Å². The first-order valence-electron chi connectivity index (χ1n) is 6.32. The lowest BCUT2D eigenvalue weighted by molar-refractivity contribution is 0.0299. The number of rotatable bonds is 1. The van der Waals surface area contributed by atoms with Crippen LogP contribution in [0.15, 0.2) is 18.3 Å². The fraction of sp³-hybridized carbons (Fsp3) is 0.571. The van der Waals surface area contributed by atoms with Gasteiger partial charge in [-0.15, -0.1) is 0 Å². The van der Waals surface area contributed by atoms with Gasteiger partial charge in [0, 0.05) is 19.3 Å². The van der Waals surface area contributed by atoms with Gasteiger partial charge in [0.15, 0.2) is 0 Å². The second-order valence-electron chi connectivity index (χ2n) is 5.58. The van der Waals surface area contributed by atoms with Crippen molar-refractivity contribution in [2.45, 2.75) is 26.2 Å². The van der Waals surface area contributed by atoms with E-state index in [1.165, 1.54) is 0 Å². The number of morpholine rings is 1. The average Bonchev–Trinajstić information content (AvgIpc) is 2.38. The van der Waals surface area contributed by atoms with Gasteiger partial charge in [-0.25, -0.2) is 0 Å². The van der Waals surface area contributed by atoms with Crippen LogP contribution in [0.5, 0.6) is 0 Å². The number of carbonyl (C=O) groups is 1. The smallest absolute Gasteiger partial charge is 0.272 e. The second-order valence-corrected chi connectivity index (χ2v) is 5.58. The number of aromatic nitrogens is 1. The minimum Gasteiger partial charge on any atom is -0.378 e. The summed E-state index contributed by atoms with van der Waals surface area (Å²) >= 11 is 0. The van der Waals surface area contributed by atoms with Gasteiger partial charge in [0.25, 0.3) is 5.91 Å². The van der Waals surface area contributed by atoms with Crippen molar-refractivity contribution in [1.82, 2.24) is 9.88 Å². The Morgan fingerprint density at radius 2 is 2.00 bits per heavy atom. The maximum Gasteiger partial charge on any atom is 0.272 e. The molecule has 1 aromatic heterocycles. The van der Waals surface area contributed by atoms with Gasteiger partial charge in [-0.1, -0.05) is 20.8 Å². The molecule has 2 heterocycles. The van der Waals surface area contributed by atoms with Crippen LogP contribution < -0.4 is 0 Å². The summed E-state index contributed by atoms with van der Waals surface area (Å²) in [5, 5.41) is 0. The molecule has 0 radical (unpaired) electrons. The van der Waals surface area contributed by atoms with Crippen molar-refractivity contribution in [3.05, 3.63) is 29.6 Å². The summed E-state index contributed by atoms with van der Waals surface area (Å²) in [6, 6.07) is 3.87. The molecule has 0 saturated carbocycles. The quantitative estimate of drug-likeness (QED) is 0.761. The summed E-state index contributed by atoms with van der Waals surface area (Å²) in [5.74, 6) is 0.00407. The normalized spacial score (nSPS) is 16.7. The highest BCUT2D eigenvalue weighted by Gasteiger charge is 2.21. The Hall–Kier alpha value is -1.42. The fourth-order valence-electron chi connectivity index (χ4n) is 1.94. The number of amides is 1. The van der Waals surface area contributed by atoms with Crippen LogP contribution in [0.2, 0.25) is 0 Å². The van der Waals surface area contributed by atoms with Crippen LogP contribution in [0.1, 0.15) is 36.8 Å². The van der Waals surface area contributed by atoms with E-state index in [0.717, 1.165) is 5.56 Å². The lowest BCUT2D eigenvalue weighted by Gasteiger charge is -2.27. The van der Waals surface area contributed by atoms with E-state index in [9.17, 15) is 4.79 Å². The molecular weight excluding hydrogens is 228 g/mol. The standard InChI is InChI=1S/C14H20N2O2/c1-14(2,3)11-4-5-15-12(10-11)13(17)16-6-8-18-9-7-16/h4-5,10H,6-9H2,1-3H3. The first-order chi connectivity index (χ1) is 8.48. The number of pyridine rings is 1. The first-order valence-corrected chi connectivity index (χ1v) is 6.32. The molecule has 0 N–H and O–H groups in total. The number of nitrogens with zero attached hydrogens (tertiary/aromatic N) is 2. The third kappa shape index (κ3) is 2.88. The maximum atomic E-state index is 12.3. The van der Waals surface area contributed by atoms with E-state index < -0.39 is 0 Å². The van der Waals surface area contributed by atoms with E-state index in [1.807, 2.05) is 12.1 Å². The number of carbonyl (C=O) groups excluding carboxylic acids is 1. The van der Waals surface area contributed by atoms with Crippen LogP contribution in [-0.2, 0) is 10.2 Å². The highest BCUT2D eigenvalue weighted by molar-refractivity contribution is 5.92. The van der Waals surface area contributed by atoms with E-state index in [4.69, 9.17) is 4.74 Å². The Morgan fingerprint density at radius 3 is 2.61 bits per heavy atom. The molecule has 18 heavy (non-hydrogen) atoms. The van der Waals surface area contributed by atoms with Crippen LogP contribution in [0.3, 0.4) is 0 Å². The average molecular weight is 248 g/mol. The number of hydrogen-bond donors (Lipinski definition) is 0. The molecule has 1 aliphatic rings. The van der Waals surface area contributed by atoms with Crippen LogP contribution in [0.25, 0.3) is 0 Å². The van der Waals surface area contributed by atoms with Gasteiger partial charge in [-0.05, 0) is 23.1 Å². The third-order valence-corrected chi connectivity index (χ3v) is 3.14. The Bertz CT molecular complexity index is 432. The van der Waals surface area contributed by atoms with Crippen molar-refractivity contribution in [3.63, 3.8) is 0 Å². The second kappa shape index (κ2) is 5.06. The van der Waals surface area contributed by atoms with Gasteiger partial charge in [0.05, 0.1) is 13.2 Å². The maximum absolute atomic E-state index is 12.3. The van der Waals surface area contributed by atoms with Crippen molar-refractivity contribution >= 4 is 5.91 Å². The largest absolute Gasteiger partial charge is 0.378 e. The molecule has 0 atom stereocenters. The monoisotopic (exact) mass is 248 g/mol. The lowest BCUT2D eigenvalue weighted by atomic mass is 9.87. The summed E-state index contributed by atoms with van der Waals surface area (Å²) < 4.78 is 5.25. The van der Waals surface area contributed by atoms with Crippen molar-refractivity contribution < 1.29 is 9.53 Å². The van der Waals surface area contributed by atoms with Crippen molar-refractivity contribution in [2.75, 3.05) is 26.3 Å². The highest BCUT2D eigenvalue weighted by atomic mass is 16.5. The van der Waals surface area contributed by atoms with Gasteiger partial charge in [-0.2, -0.15) is 0 Å². The van der Waals surface area contributed by atoms with Gasteiger partial charge >= 0.3 is 0 Å². The van der Waals surface area contributed by atoms with E-state index in [2.05, 4.69) is 25.8 Å². The molecule has 1 aromatic rings. The van der Waals surface area contributed by atoms with Crippen molar-refractivity contribution in [3.8, 4) is 0 Å². The highest BCUT2D eigenvalue weighted by Crippen LogP contribution is 2.22. The van der Waals surface area contributed by atoms with Gasteiger partial charge in [-0.3, -0.25) is 9.78 Å². The summed E-state index contributed by atoms with van der Waals surface area (Å²) in [5.41, 5.74) is 1.70. The summed E-state index contributed by atoms with van der Waals surface area (Å²) in [6.07, 6.45) is 1.72. The predicted octanol–water partition coefficient (Wildman–Crippen LogP) is 1.85. The fourth-order valence-corrected chi connectivity index (χ4v) is 1.94. The van der Waals surface area contributed by atoms with Gasteiger partial charge < -0.3 is 9.64 Å². The van der Waals surface area contributed by atoms with E-state index in [0.29, 0.717) is 32.0 Å². The molecule has 4 heteroatoms. The molecule has 4 nitrogen and oxygen atoms in total. The Morgan fingerprint density at radius 1 is 1.33 bits per heavy atom. The van der Waals surface area contributed by atoms with E-state index in [-0.39, 0.29) is 11.3 Å². The number of hydrogen-bond acceptors (Lipinski definition) is 3. The van der Waals surface area contributed by atoms with E-state index >= 15 is 0 Å². The van der Waals surface area contributed by atoms with Crippen LogP contribution in [-0.4, -0.2) is 42.1 Å². The molecule has 0 aromatic carbocycles. The summed E-state index contributed by atoms with van der Waals surface area (Å²) in [7, 11) is 0. The molecule has 0 bridgehead atoms. The van der Waals surface area contributed by atoms with Crippen molar-refractivity contribution in [2.24, 2.45) is 0 Å². The molecule has 1 saturated heterocycles. The Balaban J connectivity index is 2.20. The minimum absolute atomic E-state index is 0.00407. The molecule has 0 spiro atoms. The minimum atomic E-state index is 0.00407. The Labute approximate surface area is 108 Å². The Kier molecular flexibility index (Phi) is 3.66. The van der Waals surface area contributed by atoms with Crippen LogP contribution >= 0.6 is 0 Å². The van der Waals surface area contributed by atoms with Gasteiger partial charge in [0.2, 0.25) is 0 Å². The third-order valence-electron chi connectivity index (χ3n) is 3.14. The molecule has 98 valence electrons. The molecule has 2 rings (SSSR count). The molecule has 0 aliphatic carbocycles. The number of ether oxygens (including phenoxy) is 1. The zero-order valence-electron chi connectivity index (χ0n) is 11.3. The lowest BCUT2D eigenvalue weighted by Crippen LogP contribution is -2.41. The summed E-state index contributed by atoms with van der Waals surface area (Å²) in [6.45, 7) is 8.93. The van der Waals surface area contributed by atoms with E-state index in [1.54, 1.807) is 11.1 Å². The first kappa shape index (κ1) is 13.0. The molecule has 1 fully saturated rings. The predicted molar refractivity (Wildman–Crippen MR) is 69.7 cm³/mol. The molecular formula is C14H20N2O2. The molecule has 1 amide bonds. The molecule has 1 aliphatic heterocycles. The SMILES string of the molecule is CC(C)(C)c1ccnc(C(=O)N2CCOCC2)c1. The van der Waals surface area contributed by atoms with Crippen LogP contribution in [0, 0.1) is 0 Å². The zero-order valence-corrected chi connectivity index (χ0v) is 11.3. The zero-order chi connectivity index (χ0) is 13.2. The topological polar surface area (TPSA) is 42.4 Å². The summed E-state index contributed by atoms with van der Waals surface area (Å²) in [4.78, 5) is 18.3. The molecule has 0 unspecified atom stereocenters. The van der Waals surface area contributed by atoms with Crippen LogP contribution in [0.4, 0.5) is 0 Å². The van der Waals surface area contributed by atoms with Gasteiger partial charge in [0.1, 0.15) is 5.69 Å².